The lowest BCUT2D eigenvalue weighted by molar-refractivity contribution is 0.787. The minimum atomic E-state index is -0.333. The van der Waals surface area contributed by atoms with Crippen LogP contribution < -0.4 is 0 Å². The Balaban J connectivity index is 2.00. The maximum atomic E-state index is 4.49. The molecule has 2 aromatic carbocycles. The zero-order chi connectivity index (χ0) is 19.5. The topological polar surface area (TPSA) is 0 Å². The van der Waals surface area contributed by atoms with E-state index in [9.17, 15) is 0 Å². The summed E-state index contributed by atoms with van der Waals surface area (Å²) in [6.45, 7) is 10.9. The first-order valence-electron chi connectivity index (χ1n) is 9.77. The first-order chi connectivity index (χ1) is 13.6. The van der Waals surface area contributed by atoms with Gasteiger partial charge in [0.25, 0.3) is 0 Å². The average Bonchev–Trinajstić information content (AvgIpc) is 3.11. The number of allylic oxidation sites excluding steroid dienone is 9. The van der Waals surface area contributed by atoms with Crippen LogP contribution in [0.1, 0.15) is 29.2 Å². The lowest BCUT2D eigenvalue weighted by atomic mass is 9.69. The molecule has 0 heterocycles. The minimum Gasteiger partial charge on any atom is -0.0902 e. The molecule has 0 nitrogen and oxygen atoms in total. The second-order valence-electron chi connectivity index (χ2n) is 7.82. The van der Waals surface area contributed by atoms with Crippen LogP contribution in [0.4, 0.5) is 0 Å². The van der Waals surface area contributed by atoms with Crippen LogP contribution in [0.25, 0.3) is 11.1 Å². The van der Waals surface area contributed by atoms with E-state index in [1.54, 1.807) is 0 Å². The number of hydrogen-bond donors (Lipinski definition) is 0. The van der Waals surface area contributed by atoms with Crippen molar-refractivity contribution in [2.45, 2.75) is 26.2 Å². The molecule has 0 N–H and O–H groups in total. The summed E-state index contributed by atoms with van der Waals surface area (Å²) >= 11 is 0. The van der Waals surface area contributed by atoms with E-state index in [-0.39, 0.29) is 5.41 Å². The Morgan fingerprint density at radius 1 is 0.964 bits per heavy atom. The predicted molar refractivity (Wildman–Crippen MR) is 117 cm³/mol. The Hall–Kier alpha value is -3.30. The summed E-state index contributed by atoms with van der Waals surface area (Å²) in [6.07, 6.45) is 10.6. The number of rotatable bonds is 1. The SMILES string of the molecule is C=C1C2=C=C=CC=C2C2(/C1=C/C=C\C)c1cc(C)ccc1-c1ccc(C)cc12. The first kappa shape index (κ1) is 16.8. The highest BCUT2D eigenvalue weighted by Gasteiger charge is 2.54. The van der Waals surface area contributed by atoms with Crippen LogP contribution in [-0.2, 0) is 5.41 Å². The molecule has 1 saturated carbocycles. The molecule has 0 saturated heterocycles. The van der Waals surface area contributed by atoms with Gasteiger partial charge >= 0.3 is 0 Å². The first-order valence-corrected chi connectivity index (χ1v) is 9.77. The smallest absolute Gasteiger partial charge is 0.0732 e. The van der Waals surface area contributed by atoms with Crippen molar-refractivity contribution in [1.29, 1.82) is 0 Å². The quantitative estimate of drug-likeness (QED) is 0.491. The van der Waals surface area contributed by atoms with Gasteiger partial charge in [-0.3, -0.25) is 0 Å². The molecule has 1 spiro atoms. The molecule has 0 radical (unpaired) electrons. The van der Waals surface area contributed by atoms with Crippen molar-refractivity contribution in [2.75, 3.05) is 0 Å². The molecule has 0 atom stereocenters. The third-order valence-electron chi connectivity index (χ3n) is 6.14. The summed E-state index contributed by atoms with van der Waals surface area (Å²) in [4.78, 5) is 0. The van der Waals surface area contributed by atoms with Gasteiger partial charge in [-0.25, -0.2) is 0 Å². The van der Waals surface area contributed by atoms with E-state index in [4.69, 9.17) is 0 Å². The van der Waals surface area contributed by atoms with E-state index in [0.717, 1.165) is 11.1 Å². The zero-order valence-corrected chi connectivity index (χ0v) is 16.6. The van der Waals surface area contributed by atoms with Gasteiger partial charge < -0.3 is 0 Å². The van der Waals surface area contributed by atoms with Crippen LogP contribution in [0.15, 0.2) is 107 Å². The molecule has 1 fully saturated rings. The Morgan fingerprint density at radius 3 is 2.21 bits per heavy atom. The third kappa shape index (κ3) is 1.97. The second kappa shape index (κ2) is 5.85. The molecule has 0 heteroatoms. The Kier molecular flexibility index (Phi) is 3.52. The molecule has 0 aliphatic heterocycles. The molecular formula is C28H22. The van der Waals surface area contributed by atoms with Crippen LogP contribution >= 0.6 is 0 Å². The Morgan fingerprint density at radius 2 is 1.61 bits per heavy atom. The lowest BCUT2D eigenvalue weighted by Crippen LogP contribution is -2.26. The van der Waals surface area contributed by atoms with E-state index >= 15 is 0 Å². The molecule has 0 unspecified atom stereocenters. The zero-order valence-electron chi connectivity index (χ0n) is 16.6. The molecule has 134 valence electrons. The fourth-order valence-corrected chi connectivity index (χ4v) is 5.00. The van der Waals surface area contributed by atoms with Crippen molar-refractivity contribution in [3.05, 3.63) is 129 Å². The van der Waals surface area contributed by atoms with Crippen molar-refractivity contribution in [1.82, 2.24) is 0 Å². The van der Waals surface area contributed by atoms with Crippen molar-refractivity contribution in [3.8, 4) is 11.1 Å². The van der Waals surface area contributed by atoms with Crippen LogP contribution in [0.3, 0.4) is 0 Å². The molecule has 3 aliphatic rings. The molecule has 0 bridgehead atoms. The van der Waals surface area contributed by atoms with Crippen molar-refractivity contribution in [2.24, 2.45) is 0 Å². The van der Waals surface area contributed by atoms with E-state index < -0.39 is 0 Å². The molecule has 0 amide bonds. The fourth-order valence-electron chi connectivity index (χ4n) is 5.00. The van der Waals surface area contributed by atoms with Crippen molar-refractivity contribution >= 4 is 0 Å². The summed E-state index contributed by atoms with van der Waals surface area (Å²) in [5.41, 5.74) is 18.7. The number of hydrogen-bond acceptors (Lipinski definition) is 0. The van der Waals surface area contributed by atoms with Crippen LogP contribution in [0.5, 0.6) is 0 Å². The predicted octanol–water partition coefficient (Wildman–Crippen LogP) is 6.82. The fraction of sp³-hybridized carbons (Fsp3) is 0.143. The molecule has 0 aromatic heterocycles. The molecule has 3 aliphatic carbocycles. The van der Waals surface area contributed by atoms with E-state index in [2.05, 4.69) is 99.5 Å². The van der Waals surface area contributed by atoms with Gasteiger partial charge in [-0.1, -0.05) is 83.8 Å². The molecule has 2 aromatic rings. The summed E-state index contributed by atoms with van der Waals surface area (Å²) in [7, 11) is 0. The summed E-state index contributed by atoms with van der Waals surface area (Å²) in [5, 5.41) is 0. The second-order valence-corrected chi connectivity index (χ2v) is 7.82. The van der Waals surface area contributed by atoms with Crippen molar-refractivity contribution in [3.63, 3.8) is 0 Å². The van der Waals surface area contributed by atoms with Gasteiger partial charge in [0.05, 0.1) is 5.41 Å². The number of fused-ring (bicyclic) bond motifs is 7. The third-order valence-corrected chi connectivity index (χ3v) is 6.14. The number of benzene rings is 2. The average molecular weight is 358 g/mol. The standard InChI is InChI=1S/C28H22/c1-5-6-10-24-20(4)21-9-7-8-11-25(21)28(24)26-16-18(2)12-14-22(26)23-15-13-19(3)17-27(23)28/h5-6,8,10-17H,4H2,1-3H3/b6-5-,24-10+. The molecule has 5 rings (SSSR count). The highest BCUT2D eigenvalue weighted by molar-refractivity contribution is 5.92. The van der Waals surface area contributed by atoms with Gasteiger partial charge in [-0.15, -0.1) is 0 Å². The van der Waals surface area contributed by atoms with Crippen LogP contribution in [0.2, 0.25) is 0 Å². The van der Waals surface area contributed by atoms with Crippen molar-refractivity contribution < 1.29 is 0 Å². The van der Waals surface area contributed by atoms with Gasteiger partial charge in [0.15, 0.2) is 0 Å². The maximum Gasteiger partial charge on any atom is 0.0732 e. The minimum absolute atomic E-state index is 0.333. The lowest BCUT2D eigenvalue weighted by Gasteiger charge is -2.31. The van der Waals surface area contributed by atoms with E-state index in [1.165, 1.54) is 44.5 Å². The van der Waals surface area contributed by atoms with Crippen LogP contribution in [0, 0.1) is 13.8 Å². The van der Waals surface area contributed by atoms with Gasteiger partial charge in [0.2, 0.25) is 0 Å². The summed E-state index contributed by atoms with van der Waals surface area (Å²) in [5.74, 6) is 0. The number of aryl methyl sites for hydroxylation is 2. The largest absolute Gasteiger partial charge is 0.0902 e. The van der Waals surface area contributed by atoms with Gasteiger partial charge in [0.1, 0.15) is 0 Å². The summed E-state index contributed by atoms with van der Waals surface area (Å²) in [6, 6.07) is 13.7. The molecular weight excluding hydrogens is 336 g/mol. The highest BCUT2D eigenvalue weighted by atomic mass is 14.5. The van der Waals surface area contributed by atoms with E-state index in [0.29, 0.717) is 0 Å². The maximum absolute atomic E-state index is 4.49. The van der Waals surface area contributed by atoms with Gasteiger partial charge in [-0.05, 0) is 71.9 Å². The summed E-state index contributed by atoms with van der Waals surface area (Å²) < 4.78 is 0. The highest BCUT2D eigenvalue weighted by Crippen LogP contribution is 2.64. The molecule has 28 heavy (non-hydrogen) atoms. The normalized spacial score (nSPS) is 19.2. The van der Waals surface area contributed by atoms with Gasteiger partial charge in [-0.2, -0.15) is 0 Å². The van der Waals surface area contributed by atoms with E-state index in [1.807, 2.05) is 6.08 Å². The Labute approximate surface area is 166 Å². The Bertz CT molecular complexity index is 1210. The van der Waals surface area contributed by atoms with Gasteiger partial charge in [0, 0.05) is 5.57 Å². The monoisotopic (exact) mass is 358 g/mol. The van der Waals surface area contributed by atoms with Crippen LogP contribution in [-0.4, -0.2) is 0 Å².